The van der Waals surface area contributed by atoms with Crippen LogP contribution in [-0.2, 0) is 33.9 Å². The molecule has 2 aromatic rings. The lowest BCUT2D eigenvalue weighted by Crippen LogP contribution is -2.61. The number of nitrogens with zero attached hydrogens (tertiary/aromatic N) is 2. The number of rotatable bonds is 11. The van der Waals surface area contributed by atoms with Crippen LogP contribution in [0.15, 0.2) is 36.5 Å². The van der Waals surface area contributed by atoms with Crippen LogP contribution in [-0.4, -0.2) is 107 Å². The summed E-state index contributed by atoms with van der Waals surface area (Å²) in [7, 11) is -4.10. The first-order valence-electron chi connectivity index (χ1n) is 20.3. The van der Waals surface area contributed by atoms with Crippen LogP contribution >= 0.6 is 0 Å². The number of ether oxygens (including phenoxy) is 4. The van der Waals surface area contributed by atoms with Gasteiger partial charge in [0, 0.05) is 30.8 Å². The van der Waals surface area contributed by atoms with Crippen LogP contribution in [0.2, 0.25) is 0 Å². The first-order chi connectivity index (χ1) is 28.0. The molecule has 6 rings (SSSR count). The summed E-state index contributed by atoms with van der Waals surface area (Å²) in [6.45, 7) is 9.28. The predicted molar refractivity (Wildman–Crippen MR) is 212 cm³/mol. The van der Waals surface area contributed by atoms with Crippen LogP contribution < -0.4 is 24.8 Å². The normalized spacial score (nSPS) is 28.9. The van der Waals surface area contributed by atoms with Crippen molar-refractivity contribution in [2.75, 3.05) is 13.2 Å². The topological polar surface area (TPSA) is 192 Å². The Morgan fingerprint density at radius 3 is 2.52 bits per heavy atom. The fraction of sp³-hybridized carbons (Fsp3) is 0.634. The molecule has 7 atom stereocenters. The number of halogens is 3. The van der Waals surface area contributed by atoms with Crippen LogP contribution in [0.1, 0.15) is 93.4 Å². The molecule has 3 N–H and O–H groups in total. The SMILES string of the molecule is CCOc1cc2ccnc(O[C@@H]3C[C@H]4C(=O)N[C@]5(C(=O)NS(=O)(=O)C6(C)CC6)C[C@H]5/C=C\CC[C@@H](C)O[C@@H](CC)[C@H](NC(=O)OC(C)(C)C(C)(F)F)C(=O)N4C3)c2cc1F. The van der Waals surface area contributed by atoms with E-state index in [4.69, 9.17) is 18.9 Å². The standard InChI is InChI=1S/C41H54F3N5O10S/c1-8-30-32(46-37(53)59-38(4,5)40(7,43)44)35(51)49-22-26(58-34-27-20-28(42)31(56-9-2)18-24(27)14-17-45-34)19-29(49)33(50)47-41(21-25(41)13-11-10-12-23(3)57-30)36(52)48-60(54,55)39(6)15-16-39/h11,13-14,17-18,20,23,25-26,29-30,32H,8-10,12,15-16,19,21-22H2,1-7H3,(H,46,53)(H,47,50)(H,48,52)/b13-11-/t23-,25-,26-,29+,30+,32+,41-/m1/s1. The van der Waals surface area contributed by atoms with E-state index in [0.29, 0.717) is 38.0 Å². The van der Waals surface area contributed by atoms with Gasteiger partial charge in [0.15, 0.2) is 17.2 Å². The van der Waals surface area contributed by atoms with E-state index < -0.39 is 97.8 Å². The molecule has 1 saturated heterocycles. The van der Waals surface area contributed by atoms with E-state index in [1.165, 1.54) is 25.3 Å². The number of sulfonamides is 1. The first-order valence-corrected chi connectivity index (χ1v) is 21.8. The molecule has 19 heteroatoms. The second kappa shape index (κ2) is 16.7. The summed E-state index contributed by atoms with van der Waals surface area (Å²) in [6, 6.07) is 1.36. The molecule has 60 heavy (non-hydrogen) atoms. The number of alkyl halides is 2. The third-order valence-electron chi connectivity index (χ3n) is 12.0. The average molecular weight is 866 g/mol. The second-order valence-electron chi connectivity index (χ2n) is 17.0. The molecular formula is C41H54F3N5O10S. The number of benzene rings is 1. The number of aromatic nitrogens is 1. The molecular weight excluding hydrogens is 812 g/mol. The van der Waals surface area contributed by atoms with Gasteiger partial charge in [0.1, 0.15) is 23.7 Å². The fourth-order valence-electron chi connectivity index (χ4n) is 7.44. The maximum Gasteiger partial charge on any atom is 0.408 e. The van der Waals surface area contributed by atoms with Crippen LogP contribution in [0.25, 0.3) is 10.8 Å². The van der Waals surface area contributed by atoms with Crippen molar-refractivity contribution < 1.29 is 59.7 Å². The number of hydrogen-bond acceptors (Lipinski definition) is 11. The van der Waals surface area contributed by atoms with Gasteiger partial charge in [0.25, 0.3) is 11.8 Å². The minimum absolute atomic E-state index is 0.0124. The number of amides is 4. The van der Waals surface area contributed by atoms with Gasteiger partial charge in [-0.3, -0.25) is 19.1 Å². The van der Waals surface area contributed by atoms with Crippen molar-refractivity contribution in [3.63, 3.8) is 0 Å². The second-order valence-corrected chi connectivity index (χ2v) is 19.2. The maximum absolute atomic E-state index is 15.1. The Balaban J connectivity index is 1.37. The lowest BCUT2D eigenvalue weighted by Gasteiger charge is -2.35. The predicted octanol–water partition coefficient (Wildman–Crippen LogP) is 5.06. The average Bonchev–Trinajstić information content (AvgIpc) is 4.04. The van der Waals surface area contributed by atoms with Crippen LogP contribution in [0.4, 0.5) is 18.0 Å². The molecule has 3 heterocycles. The highest BCUT2D eigenvalue weighted by atomic mass is 32.2. The van der Waals surface area contributed by atoms with E-state index in [1.807, 2.05) is 0 Å². The van der Waals surface area contributed by atoms with Crippen molar-refractivity contribution in [1.82, 2.24) is 25.2 Å². The first kappa shape index (κ1) is 44.9. The third-order valence-corrected chi connectivity index (χ3v) is 14.2. The van der Waals surface area contributed by atoms with Gasteiger partial charge in [-0.1, -0.05) is 19.1 Å². The van der Waals surface area contributed by atoms with Crippen molar-refractivity contribution in [3.8, 4) is 11.6 Å². The van der Waals surface area contributed by atoms with E-state index in [1.54, 1.807) is 39.0 Å². The van der Waals surface area contributed by atoms with Crippen LogP contribution in [0.5, 0.6) is 11.6 Å². The molecule has 2 aliphatic carbocycles. The van der Waals surface area contributed by atoms with Crippen molar-refractivity contribution in [2.45, 2.75) is 146 Å². The number of carbonyl (C=O) groups is 4. The molecule has 15 nitrogen and oxygen atoms in total. The van der Waals surface area contributed by atoms with Gasteiger partial charge in [0.2, 0.25) is 27.7 Å². The molecule has 3 fully saturated rings. The van der Waals surface area contributed by atoms with E-state index in [0.717, 1.165) is 18.7 Å². The molecule has 2 saturated carbocycles. The van der Waals surface area contributed by atoms with Gasteiger partial charge in [0.05, 0.1) is 30.1 Å². The summed E-state index contributed by atoms with van der Waals surface area (Å²) in [6.07, 6.45) is 2.76. The highest BCUT2D eigenvalue weighted by Gasteiger charge is 2.63. The molecule has 2 aliphatic heterocycles. The molecule has 330 valence electrons. The molecule has 0 spiro atoms. The molecule has 1 aromatic heterocycles. The Morgan fingerprint density at radius 1 is 1.15 bits per heavy atom. The zero-order valence-electron chi connectivity index (χ0n) is 34.8. The number of pyridine rings is 1. The van der Waals surface area contributed by atoms with Crippen molar-refractivity contribution in [1.29, 1.82) is 0 Å². The van der Waals surface area contributed by atoms with Crippen molar-refractivity contribution in [2.24, 2.45) is 5.92 Å². The number of nitrogens with one attached hydrogen (secondary N) is 3. The van der Waals surface area contributed by atoms with Crippen molar-refractivity contribution in [3.05, 3.63) is 42.4 Å². The van der Waals surface area contributed by atoms with Gasteiger partial charge < -0.3 is 34.5 Å². The number of carbonyl (C=O) groups excluding carboxylic acids is 4. The number of allylic oxidation sites excluding steroid dienone is 1. The zero-order chi connectivity index (χ0) is 44.0. The molecule has 0 bridgehead atoms. The lowest BCUT2D eigenvalue weighted by atomic mass is 10.0. The summed E-state index contributed by atoms with van der Waals surface area (Å²) in [5.41, 5.74) is -3.97. The summed E-state index contributed by atoms with van der Waals surface area (Å²) in [4.78, 5) is 62.2. The minimum atomic E-state index is -4.10. The Kier molecular flexibility index (Phi) is 12.5. The largest absolute Gasteiger partial charge is 0.491 e. The van der Waals surface area contributed by atoms with Crippen LogP contribution in [0.3, 0.4) is 0 Å². The number of hydrogen-bond donors (Lipinski definition) is 3. The van der Waals surface area contributed by atoms with Crippen molar-refractivity contribution >= 4 is 44.6 Å². The van der Waals surface area contributed by atoms with Gasteiger partial charge in [-0.05, 0) is 96.7 Å². The van der Waals surface area contributed by atoms with Gasteiger partial charge in [-0.2, -0.15) is 0 Å². The summed E-state index contributed by atoms with van der Waals surface area (Å²) in [5.74, 6) is -7.31. The number of fused-ring (bicyclic) bond motifs is 3. The Bertz CT molecular complexity index is 2150. The zero-order valence-corrected chi connectivity index (χ0v) is 35.6. The monoisotopic (exact) mass is 865 g/mol. The fourth-order valence-corrected chi connectivity index (χ4v) is 8.76. The molecule has 0 radical (unpaired) electrons. The van der Waals surface area contributed by atoms with E-state index in [2.05, 4.69) is 20.3 Å². The summed E-state index contributed by atoms with van der Waals surface area (Å²) in [5, 5.41) is 6.03. The lowest BCUT2D eigenvalue weighted by molar-refractivity contribution is -0.153. The van der Waals surface area contributed by atoms with Crippen LogP contribution in [0, 0.1) is 11.7 Å². The Hall–Kier alpha value is -4.65. The highest BCUT2D eigenvalue weighted by molar-refractivity contribution is 7.91. The summed E-state index contributed by atoms with van der Waals surface area (Å²) < 4.78 is 94.6. The summed E-state index contributed by atoms with van der Waals surface area (Å²) >= 11 is 0. The maximum atomic E-state index is 15.1. The smallest absolute Gasteiger partial charge is 0.408 e. The van der Waals surface area contributed by atoms with E-state index in [-0.39, 0.29) is 49.4 Å². The minimum Gasteiger partial charge on any atom is -0.491 e. The molecule has 4 aliphatic rings. The molecule has 0 unspecified atom stereocenters. The van der Waals surface area contributed by atoms with Gasteiger partial charge in [-0.25, -0.2) is 31.4 Å². The number of alkyl carbamates (subject to hydrolysis) is 1. The Labute approximate surface area is 347 Å². The van der Waals surface area contributed by atoms with E-state index >= 15 is 4.39 Å². The Morgan fingerprint density at radius 2 is 1.87 bits per heavy atom. The molecule has 4 amide bonds. The molecule has 1 aromatic carbocycles. The van der Waals surface area contributed by atoms with Gasteiger partial charge in [-0.15, -0.1) is 0 Å². The highest BCUT2D eigenvalue weighted by Crippen LogP contribution is 2.47. The third kappa shape index (κ3) is 9.16. The van der Waals surface area contributed by atoms with Gasteiger partial charge >= 0.3 is 6.09 Å². The van der Waals surface area contributed by atoms with E-state index in [9.17, 15) is 36.4 Å². The quantitative estimate of drug-likeness (QED) is 0.256.